The fourth-order valence-corrected chi connectivity index (χ4v) is 2.90. The van der Waals surface area contributed by atoms with Crippen LogP contribution in [0.4, 0.5) is 0 Å². The molecule has 0 spiro atoms. The Kier molecular flexibility index (Phi) is 15.1. The van der Waals surface area contributed by atoms with Crippen LogP contribution in [-0.2, 0) is 0 Å². The van der Waals surface area contributed by atoms with E-state index >= 15 is 0 Å². The van der Waals surface area contributed by atoms with E-state index in [1.165, 1.54) is 83.6 Å². The molecule has 1 aliphatic heterocycles. The van der Waals surface area contributed by atoms with E-state index in [2.05, 4.69) is 35.7 Å². The van der Waals surface area contributed by atoms with Crippen molar-refractivity contribution < 1.29 is 0 Å². The third kappa shape index (κ3) is 11.2. The van der Waals surface area contributed by atoms with Crippen molar-refractivity contribution in [2.24, 2.45) is 0 Å². The number of hydrogen-bond donors (Lipinski definition) is 0. The maximum absolute atomic E-state index is 3.79. The second kappa shape index (κ2) is 15.5. The fourth-order valence-electron chi connectivity index (χ4n) is 2.90. The molecule has 0 saturated carbocycles. The van der Waals surface area contributed by atoms with Gasteiger partial charge in [0, 0.05) is 18.9 Å². The Morgan fingerprint density at radius 3 is 1.77 bits per heavy atom. The van der Waals surface area contributed by atoms with E-state index in [9.17, 15) is 0 Å². The summed E-state index contributed by atoms with van der Waals surface area (Å²) in [5, 5.41) is 0. The Labute approximate surface area is 149 Å². The van der Waals surface area contributed by atoms with Crippen molar-refractivity contribution in [3.63, 3.8) is 0 Å². The molecule has 0 bridgehead atoms. The highest BCUT2D eigenvalue weighted by Crippen LogP contribution is 2.13. The van der Waals surface area contributed by atoms with E-state index in [-0.39, 0.29) is 17.0 Å². The molecule has 0 aromatic heterocycles. The Hall–Kier alpha value is -0.440. The van der Waals surface area contributed by atoms with E-state index in [0.717, 1.165) is 6.67 Å². The molecule has 0 fully saturated rings. The Morgan fingerprint density at radius 2 is 1.32 bits per heavy atom. The van der Waals surface area contributed by atoms with Crippen molar-refractivity contribution >= 4 is 17.0 Å². The monoisotopic (exact) mass is 372 g/mol. The normalized spacial score (nSPS) is 13.5. The van der Waals surface area contributed by atoms with Gasteiger partial charge in [-0.1, -0.05) is 84.1 Å². The van der Waals surface area contributed by atoms with Gasteiger partial charge >= 0.3 is 0 Å². The first-order chi connectivity index (χ1) is 10.4. The largest absolute Gasteiger partial charge is 0.358 e. The van der Waals surface area contributed by atoms with E-state index in [0.29, 0.717) is 0 Å². The molecular formula is C19H37BrN2. The van der Waals surface area contributed by atoms with Gasteiger partial charge < -0.3 is 9.80 Å². The highest BCUT2D eigenvalue weighted by atomic mass is 79.9. The van der Waals surface area contributed by atoms with Gasteiger partial charge in [0.2, 0.25) is 0 Å². The maximum Gasteiger partial charge on any atom is 0.0935 e. The number of nitrogens with zero attached hydrogens (tertiary/aromatic N) is 2. The first kappa shape index (κ1) is 21.6. The first-order valence-corrected chi connectivity index (χ1v) is 9.17. The van der Waals surface area contributed by atoms with Crippen LogP contribution in [0, 0.1) is 0 Å². The lowest BCUT2D eigenvalue weighted by molar-refractivity contribution is 0.307. The minimum atomic E-state index is 0. The highest BCUT2D eigenvalue weighted by molar-refractivity contribution is 8.93. The standard InChI is InChI=1S/C19H36N2.BrH/c1-3-5-6-7-8-9-10-11-12-13-14-15-16-21-18-17-20(4-2)19-21;/h4,17-18H,2-3,5-16,19H2,1H3;1H. The SMILES string of the molecule is Br.C=CN1C=CN(CCCCCCCCCCCCCC)C1. The van der Waals surface area contributed by atoms with Crippen LogP contribution in [0.5, 0.6) is 0 Å². The van der Waals surface area contributed by atoms with E-state index < -0.39 is 0 Å². The lowest BCUT2D eigenvalue weighted by Gasteiger charge is -2.18. The van der Waals surface area contributed by atoms with Gasteiger partial charge in [0.05, 0.1) is 6.67 Å². The van der Waals surface area contributed by atoms with Gasteiger partial charge in [-0.15, -0.1) is 17.0 Å². The van der Waals surface area contributed by atoms with Crippen molar-refractivity contribution in [1.82, 2.24) is 9.80 Å². The van der Waals surface area contributed by atoms with Crippen molar-refractivity contribution in [1.29, 1.82) is 0 Å². The Bertz CT molecular complexity index is 279. The van der Waals surface area contributed by atoms with Crippen LogP contribution in [0.2, 0.25) is 0 Å². The lowest BCUT2D eigenvalue weighted by Crippen LogP contribution is -2.22. The summed E-state index contributed by atoms with van der Waals surface area (Å²) in [5.41, 5.74) is 0. The van der Waals surface area contributed by atoms with Gasteiger partial charge in [-0.2, -0.15) is 0 Å². The highest BCUT2D eigenvalue weighted by Gasteiger charge is 2.08. The van der Waals surface area contributed by atoms with Crippen molar-refractivity contribution in [3.8, 4) is 0 Å². The molecule has 0 aromatic carbocycles. The van der Waals surface area contributed by atoms with Crippen molar-refractivity contribution in [2.75, 3.05) is 13.2 Å². The van der Waals surface area contributed by atoms with E-state index in [1.54, 1.807) is 0 Å². The maximum atomic E-state index is 3.79. The van der Waals surface area contributed by atoms with Gasteiger partial charge in [0.25, 0.3) is 0 Å². The molecule has 0 aromatic rings. The molecule has 1 aliphatic rings. The number of halogens is 1. The molecule has 0 radical (unpaired) electrons. The number of rotatable bonds is 14. The van der Waals surface area contributed by atoms with Crippen molar-refractivity contribution in [3.05, 3.63) is 25.2 Å². The third-order valence-corrected chi connectivity index (χ3v) is 4.35. The molecule has 130 valence electrons. The van der Waals surface area contributed by atoms with Gasteiger partial charge in [-0.05, 0) is 12.6 Å². The van der Waals surface area contributed by atoms with Gasteiger partial charge in [0.1, 0.15) is 0 Å². The number of hydrogen-bond acceptors (Lipinski definition) is 2. The molecule has 0 unspecified atom stereocenters. The third-order valence-electron chi connectivity index (χ3n) is 4.35. The molecule has 0 saturated heterocycles. The molecule has 1 rings (SSSR count). The van der Waals surface area contributed by atoms with Crippen LogP contribution < -0.4 is 0 Å². The molecule has 0 atom stereocenters. The van der Waals surface area contributed by atoms with Crippen LogP contribution in [0.3, 0.4) is 0 Å². The molecule has 22 heavy (non-hydrogen) atoms. The van der Waals surface area contributed by atoms with Gasteiger partial charge in [0.15, 0.2) is 0 Å². The van der Waals surface area contributed by atoms with Crippen LogP contribution in [0.25, 0.3) is 0 Å². The predicted molar refractivity (Wildman–Crippen MR) is 104 cm³/mol. The number of unbranched alkanes of at least 4 members (excludes halogenated alkanes) is 11. The molecular weight excluding hydrogens is 336 g/mol. The second-order valence-electron chi connectivity index (χ2n) is 6.34. The zero-order valence-electron chi connectivity index (χ0n) is 14.6. The fraction of sp³-hybridized carbons (Fsp3) is 0.789. The average molecular weight is 373 g/mol. The molecule has 3 heteroatoms. The zero-order valence-corrected chi connectivity index (χ0v) is 16.4. The molecule has 2 nitrogen and oxygen atoms in total. The zero-order chi connectivity index (χ0) is 15.2. The van der Waals surface area contributed by atoms with Crippen LogP contribution in [0.1, 0.15) is 84.0 Å². The smallest absolute Gasteiger partial charge is 0.0935 e. The summed E-state index contributed by atoms with van der Waals surface area (Å²) in [6, 6.07) is 0. The summed E-state index contributed by atoms with van der Waals surface area (Å²) in [6.45, 7) is 8.26. The van der Waals surface area contributed by atoms with Gasteiger partial charge in [-0.25, -0.2) is 0 Å². The summed E-state index contributed by atoms with van der Waals surface area (Å²) < 4.78 is 0. The summed E-state index contributed by atoms with van der Waals surface area (Å²) in [7, 11) is 0. The summed E-state index contributed by atoms with van der Waals surface area (Å²) in [5.74, 6) is 0. The van der Waals surface area contributed by atoms with Crippen LogP contribution >= 0.6 is 17.0 Å². The van der Waals surface area contributed by atoms with Crippen LogP contribution in [0.15, 0.2) is 25.2 Å². The predicted octanol–water partition coefficient (Wildman–Crippen LogP) is 6.46. The van der Waals surface area contributed by atoms with Gasteiger partial charge in [-0.3, -0.25) is 0 Å². The molecule has 1 heterocycles. The van der Waals surface area contributed by atoms with Crippen molar-refractivity contribution in [2.45, 2.75) is 84.0 Å². The second-order valence-corrected chi connectivity index (χ2v) is 6.34. The molecule has 0 N–H and O–H groups in total. The average Bonchev–Trinajstić information content (AvgIpc) is 2.96. The topological polar surface area (TPSA) is 6.48 Å². The summed E-state index contributed by atoms with van der Waals surface area (Å²) in [6.07, 6.45) is 23.2. The molecule has 0 amide bonds. The Balaban J connectivity index is 0.00000441. The Morgan fingerprint density at radius 1 is 0.818 bits per heavy atom. The van der Waals surface area contributed by atoms with Crippen LogP contribution in [-0.4, -0.2) is 23.0 Å². The summed E-state index contributed by atoms with van der Waals surface area (Å²) in [4.78, 5) is 4.50. The first-order valence-electron chi connectivity index (χ1n) is 9.17. The molecule has 0 aliphatic carbocycles. The minimum Gasteiger partial charge on any atom is -0.358 e. The summed E-state index contributed by atoms with van der Waals surface area (Å²) >= 11 is 0. The minimum absolute atomic E-state index is 0. The lowest BCUT2D eigenvalue weighted by atomic mass is 10.1. The quantitative estimate of drug-likeness (QED) is 0.323. The van der Waals surface area contributed by atoms with E-state index in [4.69, 9.17) is 0 Å². The van der Waals surface area contributed by atoms with E-state index in [1.807, 2.05) is 6.20 Å².